The van der Waals surface area contributed by atoms with Crippen LogP contribution >= 0.6 is 15.9 Å². The number of ether oxygens (including phenoxy) is 1. The summed E-state index contributed by atoms with van der Waals surface area (Å²) in [5, 5.41) is 2.37. The Morgan fingerprint density at radius 2 is 1.83 bits per heavy atom. The SMILES string of the molecule is CC(C)OC(=O)CNC(=O)CCNS(=O)(=O)c1ccc(Br)cc1. The molecule has 0 radical (unpaired) electrons. The molecule has 23 heavy (non-hydrogen) atoms. The van der Waals surface area contributed by atoms with Gasteiger partial charge in [-0.1, -0.05) is 15.9 Å². The summed E-state index contributed by atoms with van der Waals surface area (Å²) < 4.78 is 31.9. The highest BCUT2D eigenvalue weighted by Gasteiger charge is 2.14. The molecule has 1 rings (SSSR count). The molecular weight excluding hydrogens is 388 g/mol. The molecule has 0 unspecified atom stereocenters. The maximum absolute atomic E-state index is 12.0. The first-order valence-corrected chi connectivity index (χ1v) is 9.20. The van der Waals surface area contributed by atoms with E-state index in [1.165, 1.54) is 12.1 Å². The molecule has 9 heteroatoms. The Balaban J connectivity index is 2.36. The zero-order valence-corrected chi connectivity index (χ0v) is 15.2. The number of benzene rings is 1. The molecule has 0 fully saturated rings. The number of nitrogens with one attached hydrogen (secondary N) is 2. The van der Waals surface area contributed by atoms with E-state index in [1.807, 2.05) is 0 Å². The lowest BCUT2D eigenvalue weighted by atomic mass is 10.4. The molecule has 1 aromatic rings. The Bertz CT molecular complexity index is 644. The predicted octanol–water partition coefficient (Wildman–Crippen LogP) is 1.19. The summed E-state index contributed by atoms with van der Waals surface area (Å²) >= 11 is 3.22. The van der Waals surface area contributed by atoms with Crippen molar-refractivity contribution in [2.75, 3.05) is 13.1 Å². The van der Waals surface area contributed by atoms with Crippen LogP contribution in [0.15, 0.2) is 33.6 Å². The average Bonchev–Trinajstić information content (AvgIpc) is 2.44. The number of esters is 1. The Labute approximate surface area is 144 Å². The second kappa shape index (κ2) is 8.99. The molecule has 1 amide bonds. The van der Waals surface area contributed by atoms with E-state index < -0.39 is 21.9 Å². The van der Waals surface area contributed by atoms with E-state index in [2.05, 4.69) is 26.0 Å². The molecule has 2 N–H and O–H groups in total. The van der Waals surface area contributed by atoms with Gasteiger partial charge in [0, 0.05) is 17.4 Å². The van der Waals surface area contributed by atoms with Gasteiger partial charge in [-0.3, -0.25) is 9.59 Å². The minimum absolute atomic E-state index is 0.0660. The van der Waals surface area contributed by atoms with Gasteiger partial charge in [0.1, 0.15) is 6.54 Å². The lowest BCUT2D eigenvalue weighted by Gasteiger charge is -2.09. The van der Waals surface area contributed by atoms with Gasteiger partial charge in [0.25, 0.3) is 0 Å². The van der Waals surface area contributed by atoms with Crippen molar-refractivity contribution in [3.8, 4) is 0 Å². The summed E-state index contributed by atoms with van der Waals surface area (Å²) in [6, 6.07) is 6.13. The molecule has 0 aliphatic heterocycles. The fourth-order valence-corrected chi connectivity index (χ4v) is 2.86. The molecule has 0 bridgehead atoms. The van der Waals surface area contributed by atoms with Gasteiger partial charge in [-0.2, -0.15) is 0 Å². The van der Waals surface area contributed by atoms with Crippen molar-refractivity contribution >= 4 is 37.8 Å². The van der Waals surface area contributed by atoms with Gasteiger partial charge in [-0.25, -0.2) is 13.1 Å². The number of sulfonamides is 1. The van der Waals surface area contributed by atoms with E-state index >= 15 is 0 Å². The second-order valence-electron chi connectivity index (χ2n) is 4.92. The molecule has 7 nitrogen and oxygen atoms in total. The Kier molecular flexibility index (Phi) is 7.66. The van der Waals surface area contributed by atoms with Crippen LogP contribution in [0.4, 0.5) is 0 Å². The summed E-state index contributed by atoms with van der Waals surface area (Å²) in [4.78, 5) is 22.9. The summed E-state index contributed by atoms with van der Waals surface area (Å²) in [6.07, 6.45) is -0.331. The molecule has 0 atom stereocenters. The summed E-state index contributed by atoms with van der Waals surface area (Å²) in [5.74, 6) is -0.979. The fourth-order valence-electron chi connectivity index (χ4n) is 1.56. The Morgan fingerprint density at radius 1 is 1.22 bits per heavy atom. The highest BCUT2D eigenvalue weighted by Crippen LogP contribution is 2.14. The van der Waals surface area contributed by atoms with Gasteiger partial charge in [0.15, 0.2) is 0 Å². The molecule has 0 aromatic heterocycles. The fraction of sp³-hybridized carbons (Fsp3) is 0.429. The smallest absolute Gasteiger partial charge is 0.325 e. The second-order valence-corrected chi connectivity index (χ2v) is 7.60. The molecule has 128 valence electrons. The molecule has 0 aliphatic carbocycles. The van der Waals surface area contributed by atoms with E-state index in [-0.39, 0.29) is 30.5 Å². The van der Waals surface area contributed by atoms with Crippen molar-refractivity contribution in [3.05, 3.63) is 28.7 Å². The standard InChI is InChI=1S/C14H19BrN2O5S/c1-10(2)22-14(19)9-16-13(18)7-8-17-23(20,21)12-5-3-11(15)4-6-12/h3-6,10,17H,7-9H2,1-2H3,(H,16,18). The van der Waals surface area contributed by atoms with Crippen molar-refractivity contribution in [1.29, 1.82) is 0 Å². The van der Waals surface area contributed by atoms with Crippen LogP contribution in [-0.4, -0.2) is 39.5 Å². The highest BCUT2D eigenvalue weighted by atomic mass is 79.9. The van der Waals surface area contributed by atoms with Crippen LogP contribution in [0.3, 0.4) is 0 Å². The first-order valence-electron chi connectivity index (χ1n) is 6.92. The largest absolute Gasteiger partial charge is 0.462 e. The predicted molar refractivity (Wildman–Crippen MR) is 88.2 cm³/mol. The van der Waals surface area contributed by atoms with Gasteiger partial charge >= 0.3 is 5.97 Å². The van der Waals surface area contributed by atoms with E-state index in [0.29, 0.717) is 0 Å². The topological polar surface area (TPSA) is 102 Å². The number of hydrogen-bond donors (Lipinski definition) is 2. The number of rotatable bonds is 8. The molecule has 0 heterocycles. The van der Waals surface area contributed by atoms with E-state index in [0.717, 1.165) is 4.47 Å². The summed E-state index contributed by atoms with van der Waals surface area (Å²) in [5.41, 5.74) is 0. The number of carbonyl (C=O) groups is 2. The van der Waals surface area contributed by atoms with E-state index in [4.69, 9.17) is 4.74 Å². The quantitative estimate of drug-likeness (QED) is 0.631. The van der Waals surface area contributed by atoms with Crippen LogP contribution in [0.5, 0.6) is 0 Å². The molecule has 0 spiro atoms. The van der Waals surface area contributed by atoms with Crippen LogP contribution in [0, 0.1) is 0 Å². The monoisotopic (exact) mass is 406 g/mol. The number of halogens is 1. The van der Waals surface area contributed by atoms with E-state index in [9.17, 15) is 18.0 Å². The van der Waals surface area contributed by atoms with Crippen molar-refractivity contribution < 1.29 is 22.7 Å². The van der Waals surface area contributed by atoms with Crippen molar-refractivity contribution in [2.24, 2.45) is 0 Å². The number of hydrogen-bond acceptors (Lipinski definition) is 5. The third-order valence-electron chi connectivity index (χ3n) is 2.57. The van der Waals surface area contributed by atoms with Gasteiger partial charge in [0.2, 0.25) is 15.9 Å². The molecule has 0 aliphatic rings. The molecule has 0 saturated carbocycles. The third-order valence-corrected chi connectivity index (χ3v) is 4.57. The summed E-state index contributed by atoms with van der Waals surface area (Å²) in [7, 11) is -3.66. The van der Waals surface area contributed by atoms with Crippen LogP contribution in [0.2, 0.25) is 0 Å². The van der Waals surface area contributed by atoms with Gasteiger partial charge in [0.05, 0.1) is 11.0 Å². The highest BCUT2D eigenvalue weighted by molar-refractivity contribution is 9.10. The van der Waals surface area contributed by atoms with Crippen LogP contribution in [0.25, 0.3) is 0 Å². The first-order chi connectivity index (χ1) is 10.7. The first kappa shape index (κ1) is 19.6. The minimum atomic E-state index is -3.66. The maximum Gasteiger partial charge on any atom is 0.325 e. The van der Waals surface area contributed by atoms with Gasteiger partial charge < -0.3 is 10.1 Å². The Hall–Kier alpha value is -1.45. The lowest BCUT2D eigenvalue weighted by molar-refractivity contribution is -0.147. The normalized spacial score (nSPS) is 11.3. The van der Waals surface area contributed by atoms with Crippen molar-refractivity contribution in [3.63, 3.8) is 0 Å². The lowest BCUT2D eigenvalue weighted by Crippen LogP contribution is -2.34. The van der Waals surface area contributed by atoms with Crippen molar-refractivity contribution in [1.82, 2.24) is 10.0 Å². The molecular formula is C14H19BrN2O5S. The van der Waals surface area contributed by atoms with Crippen LogP contribution < -0.4 is 10.0 Å². The van der Waals surface area contributed by atoms with Crippen molar-refractivity contribution in [2.45, 2.75) is 31.3 Å². The van der Waals surface area contributed by atoms with Gasteiger partial charge in [-0.15, -0.1) is 0 Å². The zero-order valence-electron chi connectivity index (χ0n) is 12.8. The average molecular weight is 407 g/mol. The Morgan fingerprint density at radius 3 is 2.39 bits per heavy atom. The zero-order chi connectivity index (χ0) is 17.5. The number of amides is 1. The number of carbonyl (C=O) groups excluding carboxylic acids is 2. The molecule has 1 aromatic carbocycles. The van der Waals surface area contributed by atoms with Gasteiger partial charge in [-0.05, 0) is 38.1 Å². The van der Waals surface area contributed by atoms with Crippen LogP contribution in [-0.2, 0) is 24.3 Å². The van der Waals surface area contributed by atoms with Crippen LogP contribution in [0.1, 0.15) is 20.3 Å². The van der Waals surface area contributed by atoms with E-state index in [1.54, 1.807) is 26.0 Å². The minimum Gasteiger partial charge on any atom is -0.462 e. The molecule has 0 saturated heterocycles. The summed E-state index contributed by atoms with van der Waals surface area (Å²) in [6.45, 7) is 3.10. The maximum atomic E-state index is 12.0. The third kappa shape index (κ3) is 7.58.